The number of hydrogen-bond acceptors (Lipinski definition) is 5. The molecular weight excluding hydrogens is 480 g/mol. The van der Waals surface area contributed by atoms with E-state index in [-0.39, 0.29) is 18.2 Å². The summed E-state index contributed by atoms with van der Waals surface area (Å²) < 4.78 is 0.413. The number of rotatable bonds is 8. The molecule has 2 aromatic carbocycles. The number of anilines is 1. The summed E-state index contributed by atoms with van der Waals surface area (Å²) in [7, 11) is 0. The molecule has 0 bridgehead atoms. The lowest BCUT2D eigenvalue weighted by Gasteiger charge is -2.18. The fourth-order valence-electron chi connectivity index (χ4n) is 3.92. The van der Waals surface area contributed by atoms with Crippen molar-refractivity contribution in [1.29, 1.82) is 0 Å². The van der Waals surface area contributed by atoms with E-state index in [1.54, 1.807) is 11.0 Å². The Labute approximate surface area is 206 Å². The predicted octanol–water partition coefficient (Wildman–Crippen LogP) is 5.10. The number of thiocarbonyl (C=S) groups is 1. The van der Waals surface area contributed by atoms with Crippen LogP contribution in [0, 0.1) is 0 Å². The van der Waals surface area contributed by atoms with E-state index in [4.69, 9.17) is 28.9 Å². The van der Waals surface area contributed by atoms with Crippen LogP contribution in [0.25, 0.3) is 5.57 Å². The lowest BCUT2D eigenvalue weighted by atomic mass is 10.1. The first-order valence-corrected chi connectivity index (χ1v) is 12.1. The summed E-state index contributed by atoms with van der Waals surface area (Å²) in [5, 5.41) is 9.34. The van der Waals surface area contributed by atoms with Gasteiger partial charge in [-0.05, 0) is 30.5 Å². The van der Waals surface area contributed by atoms with E-state index < -0.39 is 5.97 Å². The summed E-state index contributed by atoms with van der Waals surface area (Å²) in [6.45, 7) is 0.698. The number of carbonyl (C=O) groups is 3. The third-order valence-electron chi connectivity index (χ3n) is 5.56. The number of aliphatic carboxylic acids is 1. The number of benzene rings is 2. The second kappa shape index (κ2) is 10.1. The van der Waals surface area contributed by atoms with Gasteiger partial charge in [0.05, 0.1) is 22.7 Å². The van der Waals surface area contributed by atoms with Crippen LogP contribution in [0.2, 0.25) is 5.02 Å². The SMILES string of the molecule is O=C(O)CCCCCN1C(=O)/C(=C2/C(=O)N(Cc3ccccc3Cl)c3ccccc32)SC1=S. The van der Waals surface area contributed by atoms with Gasteiger partial charge in [-0.3, -0.25) is 19.3 Å². The molecule has 1 fully saturated rings. The van der Waals surface area contributed by atoms with Crippen molar-refractivity contribution in [1.82, 2.24) is 4.90 Å². The van der Waals surface area contributed by atoms with Crippen molar-refractivity contribution >= 4 is 68.9 Å². The number of carboxylic acid groups (broad SMARTS) is 1. The largest absolute Gasteiger partial charge is 0.481 e. The Morgan fingerprint density at radius 3 is 2.45 bits per heavy atom. The Morgan fingerprint density at radius 1 is 0.970 bits per heavy atom. The number of unbranched alkanes of at least 4 members (excludes halogenated alkanes) is 2. The van der Waals surface area contributed by atoms with E-state index in [9.17, 15) is 14.4 Å². The summed E-state index contributed by atoms with van der Waals surface area (Å²) in [6, 6.07) is 14.8. The average molecular weight is 501 g/mol. The van der Waals surface area contributed by atoms with Gasteiger partial charge in [0, 0.05) is 23.6 Å². The average Bonchev–Trinajstić information content (AvgIpc) is 3.22. The van der Waals surface area contributed by atoms with Gasteiger partial charge in [-0.2, -0.15) is 0 Å². The highest BCUT2D eigenvalue weighted by Gasteiger charge is 2.41. The maximum atomic E-state index is 13.5. The minimum Gasteiger partial charge on any atom is -0.481 e. The molecule has 2 aromatic rings. The molecule has 0 unspecified atom stereocenters. The van der Waals surface area contributed by atoms with Crippen LogP contribution in [0.1, 0.15) is 36.8 Å². The molecule has 0 radical (unpaired) electrons. The zero-order chi connectivity index (χ0) is 23.5. The van der Waals surface area contributed by atoms with Crippen LogP contribution < -0.4 is 4.90 Å². The van der Waals surface area contributed by atoms with Crippen LogP contribution in [-0.4, -0.2) is 38.7 Å². The number of nitrogens with zero attached hydrogens (tertiary/aromatic N) is 2. The van der Waals surface area contributed by atoms with E-state index in [1.165, 1.54) is 4.90 Å². The Morgan fingerprint density at radius 2 is 1.70 bits per heavy atom. The van der Waals surface area contributed by atoms with Gasteiger partial charge in [-0.15, -0.1) is 0 Å². The zero-order valence-electron chi connectivity index (χ0n) is 17.6. The molecule has 0 atom stereocenters. The van der Waals surface area contributed by atoms with Crippen molar-refractivity contribution in [3.8, 4) is 0 Å². The number of halogens is 1. The van der Waals surface area contributed by atoms with Gasteiger partial charge in [0.25, 0.3) is 11.8 Å². The number of fused-ring (bicyclic) bond motifs is 1. The minimum atomic E-state index is -0.829. The fourth-order valence-corrected chi connectivity index (χ4v) is 5.49. The van der Waals surface area contributed by atoms with Crippen LogP contribution in [0.4, 0.5) is 5.69 Å². The third kappa shape index (κ3) is 4.83. The number of carbonyl (C=O) groups excluding carboxylic acids is 2. The second-order valence-electron chi connectivity index (χ2n) is 7.73. The molecule has 170 valence electrons. The van der Waals surface area contributed by atoms with Crippen molar-refractivity contribution in [2.75, 3.05) is 11.4 Å². The Bertz CT molecular complexity index is 1180. The number of para-hydroxylation sites is 1. The number of hydrogen-bond donors (Lipinski definition) is 1. The van der Waals surface area contributed by atoms with Gasteiger partial charge in [0.2, 0.25) is 0 Å². The smallest absolute Gasteiger partial charge is 0.303 e. The van der Waals surface area contributed by atoms with Crippen molar-refractivity contribution < 1.29 is 19.5 Å². The van der Waals surface area contributed by atoms with Gasteiger partial charge in [-0.1, -0.05) is 78.4 Å². The normalized spacial score (nSPS) is 17.8. The quantitative estimate of drug-likeness (QED) is 0.308. The highest BCUT2D eigenvalue weighted by molar-refractivity contribution is 8.26. The Balaban J connectivity index is 1.59. The molecule has 0 saturated carbocycles. The highest BCUT2D eigenvalue weighted by atomic mass is 35.5. The summed E-state index contributed by atoms with van der Waals surface area (Å²) in [5.41, 5.74) is 2.62. The zero-order valence-corrected chi connectivity index (χ0v) is 20.0. The second-order valence-corrected chi connectivity index (χ2v) is 9.78. The number of thioether (sulfide) groups is 1. The standard InChI is InChI=1S/C24H21ClN2O4S2/c25-17-10-5-3-8-15(17)14-27-18-11-6-4-9-16(18)20(22(27)30)21-23(31)26(24(32)33-21)13-7-1-2-12-19(28)29/h3-6,8-11H,1-2,7,12-14H2,(H,28,29)/b21-20-. The predicted molar refractivity (Wildman–Crippen MR) is 134 cm³/mol. The first kappa shape index (κ1) is 23.5. The van der Waals surface area contributed by atoms with E-state index in [0.29, 0.717) is 57.7 Å². The first-order valence-electron chi connectivity index (χ1n) is 10.5. The molecule has 0 aliphatic carbocycles. The van der Waals surface area contributed by atoms with Crippen LogP contribution in [-0.2, 0) is 20.9 Å². The number of carboxylic acids is 1. The van der Waals surface area contributed by atoms with Crippen molar-refractivity contribution in [3.63, 3.8) is 0 Å². The molecule has 4 rings (SSSR count). The van der Waals surface area contributed by atoms with E-state index in [0.717, 1.165) is 23.0 Å². The highest BCUT2D eigenvalue weighted by Crippen LogP contribution is 2.45. The van der Waals surface area contributed by atoms with Crippen LogP contribution in [0.3, 0.4) is 0 Å². The van der Waals surface area contributed by atoms with Crippen molar-refractivity contribution in [3.05, 3.63) is 69.6 Å². The lowest BCUT2D eigenvalue weighted by molar-refractivity contribution is -0.137. The molecule has 6 nitrogen and oxygen atoms in total. The van der Waals surface area contributed by atoms with Gasteiger partial charge >= 0.3 is 5.97 Å². The summed E-state index contributed by atoms with van der Waals surface area (Å²) >= 11 is 12.9. The maximum Gasteiger partial charge on any atom is 0.303 e. The summed E-state index contributed by atoms with van der Waals surface area (Å²) in [4.78, 5) is 40.9. The molecule has 0 aromatic heterocycles. The van der Waals surface area contributed by atoms with Crippen molar-refractivity contribution in [2.45, 2.75) is 32.2 Å². The van der Waals surface area contributed by atoms with Crippen LogP contribution in [0.5, 0.6) is 0 Å². The molecule has 2 heterocycles. The van der Waals surface area contributed by atoms with E-state index >= 15 is 0 Å². The molecule has 1 saturated heterocycles. The molecule has 2 aliphatic heterocycles. The molecule has 2 amide bonds. The van der Waals surface area contributed by atoms with Gasteiger partial charge < -0.3 is 10.0 Å². The Hall–Kier alpha value is -2.68. The summed E-state index contributed by atoms with van der Waals surface area (Å²) in [6.07, 6.45) is 1.98. The molecule has 9 heteroatoms. The summed E-state index contributed by atoms with van der Waals surface area (Å²) in [5.74, 6) is -1.36. The third-order valence-corrected chi connectivity index (χ3v) is 7.38. The van der Waals surface area contributed by atoms with E-state index in [1.807, 2.05) is 42.5 Å². The van der Waals surface area contributed by atoms with Gasteiger partial charge in [0.15, 0.2) is 0 Å². The topological polar surface area (TPSA) is 77.9 Å². The number of amides is 2. The van der Waals surface area contributed by atoms with Gasteiger partial charge in [0.1, 0.15) is 4.32 Å². The lowest BCUT2D eigenvalue weighted by Crippen LogP contribution is -2.30. The van der Waals surface area contributed by atoms with Gasteiger partial charge in [-0.25, -0.2) is 0 Å². The first-order chi connectivity index (χ1) is 15.9. The fraction of sp³-hybridized carbons (Fsp3) is 0.250. The van der Waals surface area contributed by atoms with E-state index in [2.05, 4.69) is 0 Å². The molecule has 33 heavy (non-hydrogen) atoms. The molecule has 0 spiro atoms. The molecule has 2 aliphatic rings. The molecular formula is C24H21ClN2O4S2. The van der Waals surface area contributed by atoms with Crippen molar-refractivity contribution in [2.24, 2.45) is 0 Å². The minimum absolute atomic E-state index is 0.106. The van der Waals surface area contributed by atoms with Crippen LogP contribution >= 0.6 is 35.6 Å². The maximum absolute atomic E-state index is 13.5. The molecule has 1 N–H and O–H groups in total. The monoisotopic (exact) mass is 500 g/mol. The van der Waals surface area contributed by atoms with Crippen LogP contribution in [0.15, 0.2) is 53.4 Å². The Kier molecular flexibility index (Phi) is 7.17.